The van der Waals surface area contributed by atoms with E-state index in [4.69, 9.17) is 9.47 Å². The van der Waals surface area contributed by atoms with Gasteiger partial charge in [-0.25, -0.2) is 14.2 Å². The molecule has 0 saturated heterocycles. The molecular weight excluding hydrogens is 425 g/mol. The van der Waals surface area contributed by atoms with Gasteiger partial charge in [-0.15, -0.1) is 11.8 Å². The zero-order valence-corrected chi connectivity index (χ0v) is 17.1. The Morgan fingerprint density at radius 2 is 2.10 bits per heavy atom. The van der Waals surface area contributed by atoms with E-state index in [1.807, 2.05) is 6.07 Å². The molecule has 158 valence electrons. The predicted molar refractivity (Wildman–Crippen MR) is 115 cm³/mol. The van der Waals surface area contributed by atoms with Gasteiger partial charge in [0.1, 0.15) is 17.5 Å². The van der Waals surface area contributed by atoms with Gasteiger partial charge in [0.15, 0.2) is 6.04 Å². The number of hydrogen-bond acceptors (Lipinski definition) is 8. The maximum absolute atomic E-state index is 12.8. The highest BCUT2D eigenvalue weighted by Crippen LogP contribution is 2.34. The molecule has 3 aromatic rings. The Morgan fingerprint density at radius 3 is 2.84 bits per heavy atom. The number of halogens is 1. The van der Waals surface area contributed by atoms with Gasteiger partial charge in [0.25, 0.3) is 0 Å². The molecule has 10 heteroatoms. The largest absolute Gasteiger partial charge is 0.467 e. The summed E-state index contributed by atoms with van der Waals surface area (Å²) in [5.41, 5.74) is 1.23. The van der Waals surface area contributed by atoms with Crippen molar-refractivity contribution >= 4 is 39.4 Å². The maximum Gasteiger partial charge on any atom is 0.331 e. The summed E-state index contributed by atoms with van der Waals surface area (Å²) in [7, 11) is 1.33. The fraction of sp³-hybridized carbons (Fsp3) is 0.190. The first-order chi connectivity index (χ1) is 15.0. The van der Waals surface area contributed by atoms with E-state index in [0.717, 1.165) is 11.5 Å². The summed E-state index contributed by atoms with van der Waals surface area (Å²) in [5, 5.41) is 12.7. The summed E-state index contributed by atoms with van der Waals surface area (Å²) in [6, 6.07) is 12.2. The molecule has 0 saturated carbocycles. The van der Waals surface area contributed by atoms with Crippen LogP contribution in [0, 0.1) is 10.1 Å². The van der Waals surface area contributed by atoms with E-state index in [2.05, 4.69) is 9.98 Å². The van der Waals surface area contributed by atoms with E-state index in [1.165, 1.54) is 31.0 Å². The number of benzene rings is 2. The van der Waals surface area contributed by atoms with Gasteiger partial charge in [-0.05, 0) is 35.9 Å². The number of ether oxygens (including phenoxy) is 2. The number of fused-ring (bicyclic) bond motifs is 1. The van der Waals surface area contributed by atoms with E-state index in [0.29, 0.717) is 27.8 Å². The number of nitro benzene ring substituents is 1. The zero-order chi connectivity index (χ0) is 22.0. The van der Waals surface area contributed by atoms with E-state index in [-0.39, 0.29) is 23.0 Å². The Bertz CT molecular complexity index is 1220. The Hall–Kier alpha value is -3.53. The average Bonchev–Trinajstić information content (AvgIpc) is 3.28. The molecule has 0 N–H and O–H groups in total. The Labute approximate surface area is 180 Å². The number of esters is 1. The highest BCUT2D eigenvalue weighted by atomic mass is 32.2. The van der Waals surface area contributed by atoms with Crippen molar-refractivity contribution in [1.82, 2.24) is 4.98 Å². The average molecular weight is 441 g/mol. The lowest BCUT2D eigenvalue weighted by atomic mass is 10.2. The molecule has 0 aliphatic carbocycles. The van der Waals surface area contributed by atoms with Gasteiger partial charge < -0.3 is 9.47 Å². The van der Waals surface area contributed by atoms with Crippen molar-refractivity contribution in [2.24, 2.45) is 4.99 Å². The lowest BCUT2D eigenvalue weighted by Gasteiger charge is -2.09. The Morgan fingerprint density at radius 1 is 1.26 bits per heavy atom. The van der Waals surface area contributed by atoms with E-state index in [9.17, 15) is 19.3 Å². The normalized spacial score (nSPS) is 15.5. The van der Waals surface area contributed by atoms with Crippen molar-refractivity contribution < 1.29 is 23.6 Å². The molecule has 2 heterocycles. The second-order valence-electron chi connectivity index (χ2n) is 6.63. The molecule has 0 radical (unpaired) electrons. The molecule has 0 unspecified atom stereocenters. The van der Waals surface area contributed by atoms with Gasteiger partial charge in [0, 0.05) is 17.2 Å². The molecule has 0 amide bonds. The number of hydrogen-bond donors (Lipinski definition) is 0. The number of thioether (sulfide) groups is 1. The van der Waals surface area contributed by atoms with Crippen LogP contribution in [0.2, 0.25) is 0 Å². The minimum atomic E-state index is -0.797. The number of nitrogens with zero attached hydrogens (tertiary/aromatic N) is 3. The Balaban J connectivity index is 1.60. The molecule has 1 aliphatic rings. The van der Waals surface area contributed by atoms with E-state index in [1.54, 1.807) is 24.3 Å². The topological polar surface area (TPSA) is 104 Å². The summed E-state index contributed by atoms with van der Waals surface area (Å²) in [5.74, 6) is 0.543. The van der Waals surface area contributed by atoms with Gasteiger partial charge >= 0.3 is 11.7 Å². The van der Waals surface area contributed by atoms with Crippen molar-refractivity contribution in [3.8, 4) is 11.5 Å². The van der Waals surface area contributed by atoms with Crippen LogP contribution in [0.4, 0.5) is 10.1 Å². The van der Waals surface area contributed by atoms with Crippen LogP contribution in [0.1, 0.15) is 11.3 Å². The van der Waals surface area contributed by atoms with Crippen LogP contribution in [-0.2, 0) is 16.2 Å². The van der Waals surface area contributed by atoms with Crippen molar-refractivity contribution in [2.45, 2.75) is 12.7 Å². The first-order valence-corrected chi connectivity index (χ1v) is 10.2. The molecule has 31 heavy (non-hydrogen) atoms. The third-order valence-electron chi connectivity index (χ3n) is 4.61. The van der Waals surface area contributed by atoms with Crippen LogP contribution in [-0.4, -0.2) is 39.8 Å². The van der Waals surface area contributed by atoms with Gasteiger partial charge in [0.2, 0.25) is 5.75 Å². The molecule has 1 aromatic heterocycles. The van der Waals surface area contributed by atoms with Crippen LogP contribution in [0.15, 0.2) is 53.5 Å². The second kappa shape index (κ2) is 8.68. The number of pyridine rings is 1. The Kier molecular flexibility index (Phi) is 5.81. The third-order valence-corrected chi connectivity index (χ3v) is 5.68. The fourth-order valence-electron chi connectivity index (χ4n) is 3.06. The second-order valence-corrected chi connectivity index (χ2v) is 7.64. The highest BCUT2D eigenvalue weighted by Gasteiger charge is 2.27. The summed E-state index contributed by atoms with van der Waals surface area (Å²) < 4.78 is 23.2. The molecular formula is C21H16FN3O5S. The minimum absolute atomic E-state index is 0.0247. The molecule has 0 bridgehead atoms. The number of aliphatic imine (C=N–C) groups is 1. The molecule has 2 aromatic carbocycles. The van der Waals surface area contributed by atoms with Crippen molar-refractivity contribution in [3.63, 3.8) is 0 Å². The van der Waals surface area contributed by atoms with Crippen LogP contribution >= 0.6 is 11.8 Å². The monoisotopic (exact) mass is 441 g/mol. The fourth-order valence-corrected chi connectivity index (χ4v) is 4.05. The predicted octanol–water partition coefficient (Wildman–Crippen LogP) is 4.44. The maximum atomic E-state index is 12.8. The van der Waals surface area contributed by atoms with Gasteiger partial charge in [-0.2, -0.15) is 0 Å². The number of nitro groups is 1. The number of rotatable bonds is 6. The molecule has 4 rings (SSSR count). The number of carbonyl (C=O) groups excluding carboxylic acids is 1. The summed E-state index contributed by atoms with van der Waals surface area (Å²) in [4.78, 5) is 31.3. The van der Waals surface area contributed by atoms with Gasteiger partial charge in [-0.3, -0.25) is 15.1 Å². The van der Waals surface area contributed by atoms with Crippen LogP contribution in [0.25, 0.3) is 10.9 Å². The first kappa shape index (κ1) is 20.7. The number of carbonyl (C=O) groups is 1. The lowest BCUT2D eigenvalue weighted by Crippen LogP contribution is -2.19. The zero-order valence-electron chi connectivity index (χ0n) is 16.3. The first-order valence-electron chi connectivity index (χ1n) is 9.19. The van der Waals surface area contributed by atoms with Crippen LogP contribution in [0.3, 0.4) is 0 Å². The quantitative estimate of drug-likeness (QED) is 0.316. The number of alkyl halides is 1. The SMILES string of the molecule is COC(=O)[C@H]1CSC(c2ccc3cc(Oc4ccc(CF)cc4[N+](=O)[O-])ccc3n2)=N1. The lowest BCUT2D eigenvalue weighted by molar-refractivity contribution is -0.385. The number of aromatic nitrogens is 1. The van der Waals surface area contributed by atoms with Crippen molar-refractivity contribution in [2.75, 3.05) is 12.9 Å². The van der Waals surface area contributed by atoms with Crippen LogP contribution < -0.4 is 4.74 Å². The summed E-state index contributed by atoms with van der Waals surface area (Å²) in [6.07, 6.45) is 0. The summed E-state index contributed by atoms with van der Waals surface area (Å²) >= 11 is 1.44. The van der Waals surface area contributed by atoms with Crippen molar-refractivity contribution in [3.05, 3.63) is 69.9 Å². The molecule has 0 fully saturated rings. The molecule has 1 atom stereocenters. The molecule has 8 nitrogen and oxygen atoms in total. The van der Waals surface area contributed by atoms with E-state index >= 15 is 0 Å². The summed E-state index contributed by atoms with van der Waals surface area (Å²) in [6.45, 7) is -0.797. The third kappa shape index (κ3) is 4.33. The van der Waals surface area contributed by atoms with Crippen LogP contribution in [0.5, 0.6) is 11.5 Å². The number of methoxy groups -OCH3 is 1. The van der Waals surface area contributed by atoms with Gasteiger partial charge in [-0.1, -0.05) is 12.1 Å². The van der Waals surface area contributed by atoms with Gasteiger partial charge in [0.05, 0.1) is 23.2 Å². The standard InChI is InChI=1S/C21H16FN3O5S/c1-29-21(26)17-11-31-20(24-17)16-5-3-13-9-14(4-6-15(13)23-16)30-19-7-2-12(10-22)8-18(19)25(27)28/h2-9,17H,10-11H2,1H3/t17-/m1/s1. The minimum Gasteiger partial charge on any atom is -0.467 e. The van der Waals surface area contributed by atoms with E-state index < -0.39 is 17.6 Å². The molecule has 0 spiro atoms. The molecule has 1 aliphatic heterocycles. The smallest absolute Gasteiger partial charge is 0.331 e. The highest BCUT2D eigenvalue weighted by molar-refractivity contribution is 8.14. The van der Waals surface area contributed by atoms with Crippen molar-refractivity contribution in [1.29, 1.82) is 0 Å².